The van der Waals surface area contributed by atoms with Crippen LogP contribution in [0.4, 0.5) is 0 Å². The lowest BCUT2D eigenvalue weighted by Gasteiger charge is -2.04. The fraction of sp³-hybridized carbons (Fsp3) is 0.857. The van der Waals surface area contributed by atoms with Crippen molar-refractivity contribution in [2.45, 2.75) is 25.8 Å². The fourth-order valence-electron chi connectivity index (χ4n) is 0.655. The Hall–Kier alpha value is -1.17. The van der Waals surface area contributed by atoms with E-state index in [0.29, 0.717) is 11.4 Å². The normalized spacial score (nSPS) is 14.2. The lowest BCUT2D eigenvalue weighted by atomic mass is 10.2. The molecule has 13 heavy (non-hydrogen) atoms. The van der Waals surface area contributed by atoms with Crippen LogP contribution in [0.3, 0.4) is 0 Å². The van der Waals surface area contributed by atoms with Crippen molar-refractivity contribution >= 4 is 5.97 Å². The van der Waals surface area contributed by atoms with Gasteiger partial charge in [0.05, 0.1) is 0 Å². The Balaban J connectivity index is 3.69. The van der Waals surface area contributed by atoms with Crippen molar-refractivity contribution < 1.29 is 14.8 Å². The molecule has 0 amide bonds. The van der Waals surface area contributed by atoms with Crippen molar-refractivity contribution in [1.29, 1.82) is 0 Å². The Morgan fingerprint density at radius 1 is 1.77 bits per heavy atom. The van der Waals surface area contributed by atoms with Gasteiger partial charge in [-0.3, -0.25) is 4.79 Å². The van der Waals surface area contributed by atoms with Gasteiger partial charge in [0.25, 0.3) is 0 Å². The highest BCUT2D eigenvalue weighted by molar-refractivity contribution is 5.72. The summed E-state index contributed by atoms with van der Waals surface area (Å²) in [5.74, 6) is -1.09. The molecule has 0 spiro atoms. The average molecular weight is 189 g/mol. The quantitative estimate of drug-likeness (QED) is 0.353. The van der Waals surface area contributed by atoms with E-state index < -0.39 is 12.0 Å². The van der Waals surface area contributed by atoms with E-state index in [-0.39, 0.29) is 13.0 Å². The van der Waals surface area contributed by atoms with Crippen LogP contribution in [0.1, 0.15) is 19.8 Å². The summed E-state index contributed by atoms with van der Waals surface area (Å²) in [7, 11) is 0. The van der Waals surface area contributed by atoms with Gasteiger partial charge in [-0.05, 0) is 11.5 Å². The zero-order chi connectivity index (χ0) is 10.3. The standard InChI is InChI=1S/C7H15N3O3/c1-2-4-9-10(13)5-3-6(8)7(11)12/h6H,2-5,8H2,1H3,(H,11,12)/t6-/m0/s1. The number of azo groups is 1. The van der Waals surface area contributed by atoms with Crippen molar-refractivity contribution in [2.24, 2.45) is 10.8 Å². The van der Waals surface area contributed by atoms with Gasteiger partial charge in [0.15, 0.2) is 6.54 Å². The van der Waals surface area contributed by atoms with Gasteiger partial charge in [-0.1, -0.05) is 11.8 Å². The highest BCUT2D eigenvalue weighted by atomic mass is 16.5. The fourth-order valence-corrected chi connectivity index (χ4v) is 0.655. The third-order valence-corrected chi connectivity index (χ3v) is 1.43. The number of hydrogen-bond acceptors (Lipinski definition) is 4. The number of rotatable bonds is 6. The molecule has 76 valence electrons. The van der Waals surface area contributed by atoms with Gasteiger partial charge in [-0.25, -0.2) is 0 Å². The topological polar surface area (TPSA) is 102 Å². The molecule has 0 saturated heterocycles. The van der Waals surface area contributed by atoms with Crippen LogP contribution in [0.2, 0.25) is 0 Å². The Morgan fingerprint density at radius 2 is 2.38 bits per heavy atom. The predicted octanol–water partition coefficient (Wildman–Crippen LogP) is 0.161. The van der Waals surface area contributed by atoms with Gasteiger partial charge in [-0.2, -0.15) is 0 Å². The summed E-state index contributed by atoms with van der Waals surface area (Å²) in [5.41, 5.74) is 5.19. The number of hydroxylamine groups is 1. The van der Waals surface area contributed by atoms with Gasteiger partial charge < -0.3 is 16.0 Å². The van der Waals surface area contributed by atoms with E-state index in [1.54, 1.807) is 0 Å². The molecule has 0 rings (SSSR count). The van der Waals surface area contributed by atoms with Crippen molar-refractivity contribution in [2.75, 3.05) is 13.1 Å². The monoisotopic (exact) mass is 189 g/mol. The largest absolute Gasteiger partial charge is 0.600 e. The highest BCUT2D eigenvalue weighted by Crippen LogP contribution is 1.90. The van der Waals surface area contributed by atoms with E-state index in [0.717, 1.165) is 6.42 Å². The van der Waals surface area contributed by atoms with Crippen molar-refractivity contribution in [1.82, 2.24) is 0 Å². The Morgan fingerprint density at radius 3 is 2.85 bits per heavy atom. The average Bonchev–Trinajstić information content (AvgIpc) is 2.10. The zero-order valence-corrected chi connectivity index (χ0v) is 7.64. The number of nitrogens with zero attached hydrogens (tertiary/aromatic N) is 2. The van der Waals surface area contributed by atoms with Gasteiger partial charge in [0.2, 0.25) is 0 Å². The predicted molar refractivity (Wildman–Crippen MR) is 46.3 cm³/mol. The van der Waals surface area contributed by atoms with Crippen LogP contribution in [-0.4, -0.2) is 35.1 Å². The third-order valence-electron chi connectivity index (χ3n) is 1.43. The summed E-state index contributed by atoms with van der Waals surface area (Å²) >= 11 is 0. The van der Waals surface area contributed by atoms with E-state index in [1.807, 2.05) is 6.92 Å². The maximum Gasteiger partial charge on any atom is 0.320 e. The number of carbonyl (C=O) groups is 1. The highest BCUT2D eigenvalue weighted by Gasteiger charge is 2.13. The number of nitrogens with two attached hydrogens (primary N) is 1. The Bertz CT molecular complexity index is 193. The van der Waals surface area contributed by atoms with E-state index in [1.165, 1.54) is 0 Å². The molecule has 0 radical (unpaired) electrons. The Labute approximate surface area is 76.6 Å². The molecule has 0 aromatic carbocycles. The number of carboxylic acid groups (broad SMARTS) is 1. The molecule has 0 saturated carbocycles. The number of hydrogen-bond donors (Lipinski definition) is 2. The van der Waals surface area contributed by atoms with E-state index in [4.69, 9.17) is 10.8 Å². The molecule has 0 fully saturated rings. The molecule has 0 unspecified atom stereocenters. The first kappa shape index (κ1) is 11.8. The smallest absolute Gasteiger partial charge is 0.320 e. The summed E-state index contributed by atoms with van der Waals surface area (Å²) in [4.78, 5) is 10.7. The van der Waals surface area contributed by atoms with Crippen LogP contribution < -0.4 is 5.73 Å². The molecule has 0 aliphatic carbocycles. The SMILES string of the molecule is CCCN=[N+]([O-])CC[C@H](N)C(=O)O. The second kappa shape index (κ2) is 6.36. The Kier molecular flexibility index (Phi) is 5.79. The maximum atomic E-state index is 10.8. The van der Waals surface area contributed by atoms with Crippen LogP contribution in [-0.2, 0) is 4.79 Å². The lowest BCUT2D eigenvalue weighted by Crippen LogP contribution is -2.32. The minimum absolute atomic E-state index is 0.0352. The van der Waals surface area contributed by atoms with Crippen molar-refractivity contribution in [3.8, 4) is 0 Å². The molecule has 0 aromatic heterocycles. The summed E-state index contributed by atoms with van der Waals surface area (Å²) in [6.07, 6.45) is 0.912. The molecule has 6 nitrogen and oxygen atoms in total. The second-order valence-electron chi connectivity index (χ2n) is 2.67. The molecule has 0 aliphatic heterocycles. The van der Waals surface area contributed by atoms with Gasteiger partial charge in [0, 0.05) is 6.42 Å². The molecule has 3 N–H and O–H groups in total. The summed E-state index contributed by atoms with van der Waals surface area (Å²) in [5, 5.41) is 22.8. The maximum absolute atomic E-state index is 10.8. The van der Waals surface area contributed by atoms with E-state index in [9.17, 15) is 10.0 Å². The lowest BCUT2D eigenvalue weighted by molar-refractivity contribution is -0.531. The first-order valence-electron chi connectivity index (χ1n) is 4.18. The molecule has 6 heteroatoms. The number of carboxylic acids is 1. The van der Waals surface area contributed by atoms with E-state index >= 15 is 0 Å². The van der Waals surface area contributed by atoms with Gasteiger partial charge in [0.1, 0.15) is 12.6 Å². The van der Waals surface area contributed by atoms with Crippen LogP contribution in [0.25, 0.3) is 0 Å². The third kappa shape index (κ3) is 6.03. The summed E-state index contributed by atoms with van der Waals surface area (Å²) in [6, 6.07) is -0.978. The molecular formula is C7H15N3O3. The minimum atomic E-state index is -1.09. The molecular weight excluding hydrogens is 174 g/mol. The van der Waals surface area contributed by atoms with Gasteiger partial charge in [-0.15, -0.1) is 0 Å². The number of aliphatic carboxylic acids is 1. The van der Waals surface area contributed by atoms with Crippen molar-refractivity contribution in [3.05, 3.63) is 5.21 Å². The zero-order valence-electron chi connectivity index (χ0n) is 7.64. The van der Waals surface area contributed by atoms with Gasteiger partial charge >= 0.3 is 5.97 Å². The van der Waals surface area contributed by atoms with E-state index in [2.05, 4.69) is 5.11 Å². The molecule has 0 heterocycles. The van der Waals surface area contributed by atoms with Crippen LogP contribution in [0.5, 0.6) is 0 Å². The van der Waals surface area contributed by atoms with Crippen LogP contribution in [0, 0.1) is 5.21 Å². The first-order valence-corrected chi connectivity index (χ1v) is 4.18. The van der Waals surface area contributed by atoms with Crippen molar-refractivity contribution in [3.63, 3.8) is 0 Å². The minimum Gasteiger partial charge on any atom is -0.600 e. The summed E-state index contributed by atoms with van der Waals surface area (Å²) < 4.78 is 0. The van der Waals surface area contributed by atoms with Crippen LogP contribution >= 0.6 is 0 Å². The molecule has 0 aromatic rings. The molecule has 0 aliphatic rings. The second-order valence-corrected chi connectivity index (χ2v) is 2.67. The first-order chi connectivity index (χ1) is 6.07. The molecule has 0 bridgehead atoms. The molecule has 1 atom stereocenters. The van der Waals surface area contributed by atoms with Crippen LogP contribution in [0.15, 0.2) is 5.11 Å². The summed E-state index contributed by atoms with van der Waals surface area (Å²) in [6.45, 7) is 2.40.